The number of benzene rings is 2. The van der Waals surface area contributed by atoms with Crippen molar-refractivity contribution in [1.29, 1.82) is 0 Å². The summed E-state index contributed by atoms with van der Waals surface area (Å²) in [6.45, 7) is 8.71. The van der Waals surface area contributed by atoms with Crippen LogP contribution in [0.2, 0.25) is 0 Å². The molecule has 0 aliphatic heterocycles. The number of aromatic nitrogens is 2. The molecule has 0 bridgehead atoms. The van der Waals surface area contributed by atoms with Gasteiger partial charge in [-0.1, -0.05) is 38.1 Å². The summed E-state index contributed by atoms with van der Waals surface area (Å²) in [7, 11) is -4.18. The molecule has 1 atom stereocenters. The molecule has 2 fully saturated rings. The summed E-state index contributed by atoms with van der Waals surface area (Å²) >= 11 is 0. The number of carboxylic acids is 1. The molecule has 0 radical (unpaired) electrons. The van der Waals surface area contributed by atoms with E-state index in [1.807, 2.05) is 32.0 Å². The third-order valence-electron chi connectivity index (χ3n) is 8.03. The number of aryl methyl sites for hydroxylation is 2. The minimum absolute atomic E-state index is 0. The van der Waals surface area contributed by atoms with Crippen LogP contribution in [0.4, 0.5) is 5.95 Å². The Labute approximate surface area is 254 Å². The number of carboxylic acid groups (broad SMARTS) is 1. The molecule has 0 saturated heterocycles. The standard InChI is InChI=1S/C31H38N4O5S.ClH/c1-19(2)13-23(32-24-16-31(17-24)11-12-31)18-40-27-15-26(28-20(3)7-5-8-21(28)4)33-30(34-27)35-41(38,39)25-10-6-9-22(14-25)29(36)37;/h5-10,14-15,19,23-24,32H,11-13,16-18H2,1-4H3,(H,36,37)(H,33,34,35);1H/t23-;/m1./s1. The van der Waals surface area contributed by atoms with Crippen LogP contribution >= 0.6 is 12.4 Å². The van der Waals surface area contributed by atoms with E-state index in [0.717, 1.165) is 29.2 Å². The number of hydrogen-bond donors (Lipinski definition) is 3. The zero-order valence-electron chi connectivity index (χ0n) is 24.4. The fraction of sp³-hybridized carbons (Fsp3) is 0.452. The highest BCUT2D eigenvalue weighted by molar-refractivity contribution is 7.92. The van der Waals surface area contributed by atoms with Crippen LogP contribution in [0.3, 0.4) is 0 Å². The van der Waals surface area contributed by atoms with Gasteiger partial charge in [0, 0.05) is 23.7 Å². The second kappa shape index (κ2) is 12.6. The highest BCUT2D eigenvalue weighted by Crippen LogP contribution is 2.60. The van der Waals surface area contributed by atoms with E-state index in [-0.39, 0.29) is 40.7 Å². The van der Waals surface area contributed by atoms with Gasteiger partial charge < -0.3 is 15.2 Å². The Morgan fingerprint density at radius 2 is 1.74 bits per heavy atom. The SMILES string of the molecule is Cc1cccc(C)c1-c1cc(OC[C@@H](CC(C)C)NC2CC3(CC3)C2)nc(NS(=O)(=O)c2cccc(C(=O)O)c2)n1.Cl. The molecular weight excluding hydrogens is 576 g/mol. The minimum Gasteiger partial charge on any atom is -0.478 e. The second-order valence-corrected chi connectivity index (χ2v) is 13.7. The van der Waals surface area contributed by atoms with E-state index in [9.17, 15) is 18.3 Å². The third-order valence-corrected chi connectivity index (χ3v) is 9.36. The molecule has 9 nitrogen and oxygen atoms in total. The molecule has 3 aromatic rings. The van der Waals surface area contributed by atoms with Crippen molar-refractivity contribution in [2.75, 3.05) is 11.3 Å². The van der Waals surface area contributed by atoms with E-state index >= 15 is 0 Å². The van der Waals surface area contributed by atoms with Crippen LogP contribution in [0.25, 0.3) is 11.3 Å². The molecule has 1 aromatic heterocycles. The largest absolute Gasteiger partial charge is 0.478 e. The first-order valence-corrected chi connectivity index (χ1v) is 15.6. The van der Waals surface area contributed by atoms with Gasteiger partial charge in [0.25, 0.3) is 10.0 Å². The predicted molar refractivity (Wildman–Crippen MR) is 165 cm³/mol. The Hall–Kier alpha value is -3.21. The van der Waals surface area contributed by atoms with E-state index in [0.29, 0.717) is 29.7 Å². The number of sulfonamides is 1. The molecule has 1 heterocycles. The van der Waals surface area contributed by atoms with Gasteiger partial charge in [0.2, 0.25) is 11.8 Å². The maximum atomic E-state index is 13.2. The van der Waals surface area contributed by atoms with Crippen molar-refractivity contribution in [1.82, 2.24) is 15.3 Å². The first-order valence-electron chi connectivity index (χ1n) is 14.1. The number of hydrogen-bond acceptors (Lipinski definition) is 7. The molecule has 2 aliphatic rings. The monoisotopic (exact) mass is 614 g/mol. The molecule has 11 heteroatoms. The lowest BCUT2D eigenvalue weighted by atomic mass is 9.76. The molecule has 2 aromatic carbocycles. The van der Waals surface area contributed by atoms with Gasteiger partial charge in [-0.25, -0.2) is 22.9 Å². The van der Waals surface area contributed by atoms with Crippen molar-refractivity contribution in [3.05, 3.63) is 65.2 Å². The highest BCUT2D eigenvalue weighted by Gasteiger charge is 2.53. The molecular formula is C31H39ClN4O5S. The fourth-order valence-corrected chi connectivity index (χ4v) is 6.82. The first-order chi connectivity index (χ1) is 19.4. The average molecular weight is 615 g/mol. The van der Waals surface area contributed by atoms with E-state index in [2.05, 4.69) is 33.9 Å². The van der Waals surface area contributed by atoms with Crippen LogP contribution in [0.5, 0.6) is 5.88 Å². The van der Waals surface area contributed by atoms with Crippen molar-refractivity contribution in [3.8, 4) is 17.1 Å². The molecule has 2 saturated carbocycles. The number of anilines is 1. The van der Waals surface area contributed by atoms with Gasteiger partial charge in [-0.3, -0.25) is 0 Å². The first kappa shape index (κ1) is 31.7. The summed E-state index contributed by atoms with van der Waals surface area (Å²) in [5, 5.41) is 13.1. The van der Waals surface area contributed by atoms with E-state index < -0.39 is 16.0 Å². The maximum Gasteiger partial charge on any atom is 0.335 e. The number of carbonyl (C=O) groups is 1. The topological polar surface area (TPSA) is 131 Å². The van der Waals surface area contributed by atoms with Crippen LogP contribution in [-0.4, -0.2) is 48.2 Å². The van der Waals surface area contributed by atoms with Crippen LogP contribution in [-0.2, 0) is 10.0 Å². The Bertz CT molecular complexity index is 1530. The lowest BCUT2D eigenvalue weighted by Crippen LogP contribution is -2.49. The van der Waals surface area contributed by atoms with E-state index in [1.165, 1.54) is 43.9 Å². The van der Waals surface area contributed by atoms with Gasteiger partial charge in [0.1, 0.15) is 6.61 Å². The van der Waals surface area contributed by atoms with Crippen LogP contribution in [0, 0.1) is 25.2 Å². The van der Waals surface area contributed by atoms with Crippen LogP contribution < -0.4 is 14.8 Å². The van der Waals surface area contributed by atoms with Gasteiger partial charge in [-0.2, -0.15) is 4.98 Å². The second-order valence-electron chi connectivity index (χ2n) is 12.0. The van der Waals surface area contributed by atoms with Crippen molar-refractivity contribution in [2.45, 2.75) is 76.8 Å². The van der Waals surface area contributed by atoms with Crippen LogP contribution in [0.15, 0.2) is 53.4 Å². The molecule has 2 aliphatic carbocycles. The van der Waals surface area contributed by atoms with E-state index in [4.69, 9.17) is 4.74 Å². The highest BCUT2D eigenvalue weighted by atomic mass is 35.5. The number of nitrogens with zero attached hydrogens (tertiary/aromatic N) is 2. The molecule has 1 spiro atoms. The zero-order chi connectivity index (χ0) is 29.4. The lowest BCUT2D eigenvalue weighted by molar-refractivity contribution is 0.0696. The van der Waals surface area contributed by atoms with Gasteiger partial charge in [-0.15, -0.1) is 12.4 Å². The summed E-state index contributed by atoms with van der Waals surface area (Å²) < 4.78 is 35.2. The third kappa shape index (κ3) is 7.40. The number of nitrogens with one attached hydrogen (secondary N) is 2. The van der Waals surface area contributed by atoms with Crippen molar-refractivity contribution in [3.63, 3.8) is 0 Å². The van der Waals surface area contributed by atoms with E-state index in [1.54, 1.807) is 6.07 Å². The Morgan fingerprint density at radius 1 is 1.07 bits per heavy atom. The van der Waals surface area contributed by atoms with Crippen LogP contribution in [0.1, 0.15) is 67.4 Å². The number of ether oxygens (including phenoxy) is 1. The molecule has 226 valence electrons. The smallest absolute Gasteiger partial charge is 0.335 e. The quantitative estimate of drug-likeness (QED) is 0.226. The molecule has 5 rings (SSSR count). The fourth-order valence-electron chi connectivity index (χ4n) is 5.83. The van der Waals surface area contributed by atoms with Gasteiger partial charge in [-0.05, 0) is 86.6 Å². The lowest BCUT2D eigenvalue weighted by Gasteiger charge is -2.39. The predicted octanol–water partition coefficient (Wildman–Crippen LogP) is 6.01. The molecule has 0 amide bonds. The number of aromatic carboxylic acids is 1. The zero-order valence-corrected chi connectivity index (χ0v) is 26.0. The van der Waals surface area contributed by atoms with Crippen molar-refractivity contribution < 1.29 is 23.1 Å². The Kier molecular flexibility index (Phi) is 9.49. The van der Waals surface area contributed by atoms with Crippen molar-refractivity contribution in [2.24, 2.45) is 11.3 Å². The number of rotatable bonds is 12. The number of halogens is 1. The molecule has 0 unspecified atom stereocenters. The molecule has 3 N–H and O–H groups in total. The van der Waals surface area contributed by atoms with Crippen molar-refractivity contribution >= 4 is 34.3 Å². The molecule has 42 heavy (non-hydrogen) atoms. The van der Waals surface area contributed by atoms with Gasteiger partial charge in [0.05, 0.1) is 16.2 Å². The normalized spacial score (nSPS) is 16.4. The summed E-state index contributed by atoms with van der Waals surface area (Å²) in [5.74, 6) is -0.628. The van der Waals surface area contributed by atoms with Gasteiger partial charge >= 0.3 is 5.97 Å². The van der Waals surface area contributed by atoms with Gasteiger partial charge in [0.15, 0.2) is 0 Å². The summed E-state index contributed by atoms with van der Waals surface area (Å²) in [6.07, 6.45) is 6.08. The minimum atomic E-state index is -4.18. The average Bonchev–Trinajstić information content (AvgIpc) is 3.67. The summed E-state index contributed by atoms with van der Waals surface area (Å²) in [6, 6.07) is 13.4. The summed E-state index contributed by atoms with van der Waals surface area (Å²) in [5.41, 5.74) is 3.83. The summed E-state index contributed by atoms with van der Waals surface area (Å²) in [4.78, 5) is 20.2. The maximum absolute atomic E-state index is 13.2. The Morgan fingerprint density at radius 3 is 2.36 bits per heavy atom. The Balaban J connectivity index is 0.00000405.